The minimum absolute atomic E-state index is 0. The van der Waals surface area contributed by atoms with Crippen LogP contribution in [0.1, 0.15) is 19.8 Å². The van der Waals surface area contributed by atoms with Crippen LogP contribution in [-0.4, -0.2) is 39.2 Å². The maximum atomic E-state index is 4.26. The lowest BCUT2D eigenvalue weighted by atomic mass is 10.3. The van der Waals surface area contributed by atoms with Crippen molar-refractivity contribution in [1.29, 1.82) is 0 Å². The Bertz CT molecular complexity index is 435. The van der Waals surface area contributed by atoms with Gasteiger partial charge < -0.3 is 15.5 Å². The Kier molecular flexibility index (Phi) is 7.85. The van der Waals surface area contributed by atoms with Crippen LogP contribution in [0, 0.1) is 5.92 Å². The fourth-order valence-electron chi connectivity index (χ4n) is 2.23. The van der Waals surface area contributed by atoms with Gasteiger partial charge >= 0.3 is 0 Å². The van der Waals surface area contributed by atoms with Gasteiger partial charge in [-0.3, -0.25) is 4.99 Å². The van der Waals surface area contributed by atoms with Gasteiger partial charge in [-0.05, 0) is 30.9 Å². The van der Waals surface area contributed by atoms with Gasteiger partial charge in [-0.25, -0.2) is 0 Å². The van der Waals surface area contributed by atoms with Crippen LogP contribution in [0.25, 0.3) is 0 Å². The summed E-state index contributed by atoms with van der Waals surface area (Å²) in [5.41, 5.74) is 1.27. The van der Waals surface area contributed by atoms with Crippen molar-refractivity contribution in [2.75, 3.05) is 32.1 Å². The summed E-state index contributed by atoms with van der Waals surface area (Å²) in [5, 5.41) is 6.82. The summed E-state index contributed by atoms with van der Waals surface area (Å²) in [5.74, 6) is 1.72. The van der Waals surface area contributed by atoms with Gasteiger partial charge in [0.05, 0.1) is 0 Å². The quantitative estimate of drug-likeness (QED) is 0.333. The van der Waals surface area contributed by atoms with Crippen LogP contribution in [0.15, 0.2) is 35.3 Å². The molecule has 5 heteroatoms. The molecule has 0 radical (unpaired) electrons. The summed E-state index contributed by atoms with van der Waals surface area (Å²) in [6.07, 6.45) is 2.35. The van der Waals surface area contributed by atoms with E-state index in [1.807, 2.05) is 13.1 Å². The van der Waals surface area contributed by atoms with Crippen LogP contribution in [0.4, 0.5) is 5.69 Å². The topological polar surface area (TPSA) is 39.7 Å². The zero-order valence-electron chi connectivity index (χ0n) is 13.2. The molecular weight excluding hydrogens is 375 g/mol. The molecule has 2 unspecified atom stereocenters. The number of aliphatic imine (C=N–C) groups is 1. The Morgan fingerprint density at radius 1 is 1.33 bits per heavy atom. The molecule has 1 fully saturated rings. The van der Waals surface area contributed by atoms with Crippen LogP contribution < -0.4 is 15.5 Å². The second kappa shape index (κ2) is 9.12. The second-order valence-corrected chi connectivity index (χ2v) is 5.57. The van der Waals surface area contributed by atoms with Gasteiger partial charge in [0.15, 0.2) is 5.96 Å². The number of para-hydroxylation sites is 1. The highest BCUT2D eigenvalue weighted by molar-refractivity contribution is 14.0. The van der Waals surface area contributed by atoms with Gasteiger partial charge in [-0.15, -0.1) is 24.0 Å². The molecule has 0 amide bonds. The lowest BCUT2D eigenvalue weighted by Gasteiger charge is -2.19. The van der Waals surface area contributed by atoms with E-state index in [-0.39, 0.29) is 24.0 Å². The molecule has 1 aromatic rings. The molecule has 2 N–H and O–H groups in total. The Morgan fingerprint density at radius 2 is 2.00 bits per heavy atom. The van der Waals surface area contributed by atoms with Crippen LogP contribution in [-0.2, 0) is 0 Å². The molecule has 0 saturated heterocycles. The van der Waals surface area contributed by atoms with Crippen LogP contribution in [0.3, 0.4) is 0 Å². The second-order valence-electron chi connectivity index (χ2n) is 5.57. The van der Waals surface area contributed by atoms with Crippen molar-refractivity contribution >= 4 is 35.6 Å². The highest BCUT2D eigenvalue weighted by Gasteiger charge is 2.33. The average Bonchev–Trinajstić information content (AvgIpc) is 3.18. The van der Waals surface area contributed by atoms with Crippen molar-refractivity contribution in [1.82, 2.24) is 10.6 Å². The lowest BCUT2D eigenvalue weighted by Crippen LogP contribution is -2.40. The van der Waals surface area contributed by atoms with E-state index in [1.165, 1.54) is 12.1 Å². The summed E-state index contributed by atoms with van der Waals surface area (Å²) in [6.45, 7) is 4.24. The Morgan fingerprint density at radius 3 is 2.57 bits per heavy atom. The molecule has 0 aromatic heterocycles. The number of nitrogens with zero attached hydrogens (tertiary/aromatic N) is 2. The third kappa shape index (κ3) is 6.11. The summed E-state index contributed by atoms with van der Waals surface area (Å²) >= 11 is 0. The minimum Gasteiger partial charge on any atom is -0.375 e. The zero-order chi connectivity index (χ0) is 14.4. The first-order valence-corrected chi connectivity index (χ1v) is 7.44. The smallest absolute Gasteiger partial charge is 0.191 e. The van der Waals surface area contributed by atoms with E-state index in [0.29, 0.717) is 6.04 Å². The molecule has 21 heavy (non-hydrogen) atoms. The number of guanidine groups is 1. The Labute approximate surface area is 145 Å². The van der Waals surface area contributed by atoms with Crippen molar-refractivity contribution in [2.24, 2.45) is 10.9 Å². The highest BCUT2D eigenvalue weighted by Crippen LogP contribution is 2.28. The van der Waals surface area contributed by atoms with Gasteiger partial charge in [0.1, 0.15) is 0 Å². The minimum atomic E-state index is 0. The summed E-state index contributed by atoms with van der Waals surface area (Å²) in [6, 6.07) is 11.1. The number of hydrogen-bond donors (Lipinski definition) is 2. The number of rotatable bonds is 6. The van der Waals surface area contributed by atoms with Gasteiger partial charge in [0.25, 0.3) is 0 Å². The molecule has 1 aliphatic rings. The zero-order valence-corrected chi connectivity index (χ0v) is 15.5. The standard InChI is InChI=1S/C16H26N4.HI/c1-13-12-15(13)19-16(17-2)18-10-7-11-20(3)14-8-5-4-6-9-14;/h4-6,8-9,13,15H,7,10-12H2,1-3H3,(H2,17,18,19);1H. The Hall–Kier alpha value is -0.980. The maximum Gasteiger partial charge on any atom is 0.191 e. The van der Waals surface area contributed by atoms with Crippen molar-refractivity contribution < 1.29 is 0 Å². The normalized spacial score (nSPS) is 20.4. The molecule has 0 heterocycles. The van der Waals surface area contributed by atoms with Crippen molar-refractivity contribution in [3.63, 3.8) is 0 Å². The Balaban J connectivity index is 0.00000220. The van der Waals surface area contributed by atoms with E-state index >= 15 is 0 Å². The lowest BCUT2D eigenvalue weighted by molar-refractivity contribution is 0.718. The maximum absolute atomic E-state index is 4.26. The van der Waals surface area contributed by atoms with E-state index in [1.54, 1.807) is 0 Å². The summed E-state index contributed by atoms with van der Waals surface area (Å²) in [7, 11) is 3.97. The van der Waals surface area contributed by atoms with E-state index in [2.05, 4.69) is 58.8 Å². The number of anilines is 1. The molecule has 4 nitrogen and oxygen atoms in total. The monoisotopic (exact) mass is 402 g/mol. The van der Waals surface area contributed by atoms with Crippen LogP contribution in [0.5, 0.6) is 0 Å². The molecule has 118 valence electrons. The van der Waals surface area contributed by atoms with Gasteiger partial charge in [-0.1, -0.05) is 25.1 Å². The average molecular weight is 402 g/mol. The largest absolute Gasteiger partial charge is 0.375 e. The van der Waals surface area contributed by atoms with E-state index < -0.39 is 0 Å². The highest BCUT2D eigenvalue weighted by atomic mass is 127. The summed E-state index contributed by atoms with van der Waals surface area (Å²) in [4.78, 5) is 6.54. The fraction of sp³-hybridized carbons (Fsp3) is 0.562. The van der Waals surface area contributed by atoms with Gasteiger partial charge in [0.2, 0.25) is 0 Å². The van der Waals surface area contributed by atoms with Crippen molar-refractivity contribution in [3.05, 3.63) is 30.3 Å². The molecule has 1 aromatic carbocycles. The van der Waals surface area contributed by atoms with E-state index in [4.69, 9.17) is 0 Å². The molecule has 1 aliphatic carbocycles. The SMILES string of the molecule is CN=C(NCCCN(C)c1ccccc1)NC1CC1C.I. The van der Waals surface area contributed by atoms with Crippen LogP contribution in [0.2, 0.25) is 0 Å². The molecule has 0 bridgehead atoms. The number of nitrogens with one attached hydrogen (secondary N) is 2. The fourth-order valence-corrected chi connectivity index (χ4v) is 2.23. The molecule has 0 spiro atoms. The number of halogens is 1. The molecule has 2 atom stereocenters. The first kappa shape index (κ1) is 18.1. The number of benzene rings is 1. The third-order valence-electron chi connectivity index (χ3n) is 3.81. The van der Waals surface area contributed by atoms with Gasteiger partial charge in [0, 0.05) is 38.9 Å². The third-order valence-corrected chi connectivity index (χ3v) is 3.81. The molecular formula is C16H27IN4. The predicted octanol–water partition coefficient (Wildman–Crippen LogP) is 2.70. The first-order chi connectivity index (χ1) is 9.70. The molecule has 1 saturated carbocycles. The van der Waals surface area contributed by atoms with E-state index in [0.717, 1.165) is 31.4 Å². The first-order valence-electron chi connectivity index (χ1n) is 7.44. The molecule has 2 rings (SSSR count). The summed E-state index contributed by atoms with van der Waals surface area (Å²) < 4.78 is 0. The van der Waals surface area contributed by atoms with Crippen molar-refractivity contribution in [3.8, 4) is 0 Å². The van der Waals surface area contributed by atoms with Crippen molar-refractivity contribution in [2.45, 2.75) is 25.8 Å². The number of hydrogen-bond acceptors (Lipinski definition) is 2. The van der Waals surface area contributed by atoms with Crippen LogP contribution >= 0.6 is 24.0 Å². The van der Waals surface area contributed by atoms with Gasteiger partial charge in [-0.2, -0.15) is 0 Å². The predicted molar refractivity (Wildman–Crippen MR) is 102 cm³/mol. The molecule has 0 aliphatic heterocycles. The van der Waals surface area contributed by atoms with E-state index in [9.17, 15) is 0 Å².